The summed E-state index contributed by atoms with van der Waals surface area (Å²) in [5, 5.41) is 20.5. The van der Waals surface area contributed by atoms with Crippen molar-refractivity contribution in [2.24, 2.45) is 0 Å². The van der Waals surface area contributed by atoms with Crippen LogP contribution in [0.4, 0.5) is 0 Å². The number of thiazole rings is 1. The van der Waals surface area contributed by atoms with Crippen LogP contribution in [0.15, 0.2) is 29.8 Å². The van der Waals surface area contributed by atoms with Gasteiger partial charge in [-0.3, -0.25) is 4.79 Å². The van der Waals surface area contributed by atoms with Gasteiger partial charge < -0.3 is 19.8 Å². The molecule has 2 heterocycles. The van der Waals surface area contributed by atoms with Crippen LogP contribution < -0.4 is 4.74 Å². The molecule has 27 heavy (non-hydrogen) atoms. The molecule has 1 aliphatic heterocycles. The first kappa shape index (κ1) is 19.8. The predicted molar refractivity (Wildman–Crippen MR) is 104 cm³/mol. The summed E-state index contributed by atoms with van der Waals surface area (Å²) < 4.78 is 5.74. The first-order valence-corrected chi connectivity index (χ1v) is 10.2. The zero-order valence-electron chi connectivity index (χ0n) is 15.5. The Bertz CT molecular complexity index is 764. The minimum Gasteiger partial charge on any atom is -0.491 e. The van der Waals surface area contributed by atoms with E-state index < -0.39 is 12.2 Å². The van der Waals surface area contributed by atoms with Gasteiger partial charge in [0.2, 0.25) is 0 Å². The third kappa shape index (κ3) is 5.06. The molecule has 0 saturated heterocycles. The minimum absolute atomic E-state index is 0.0279. The van der Waals surface area contributed by atoms with Crippen molar-refractivity contribution in [1.29, 1.82) is 0 Å². The number of aliphatic hydroxyl groups is 2. The van der Waals surface area contributed by atoms with Gasteiger partial charge in [-0.2, -0.15) is 0 Å². The van der Waals surface area contributed by atoms with Gasteiger partial charge in [0.15, 0.2) is 0 Å². The van der Waals surface area contributed by atoms with E-state index >= 15 is 0 Å². The number of aryl methyl sites for hydroxylation is 2. The lowest BCUT2D eigenvalue weighted by Crippen LogP contribution is -2.38. The van der Waals surface area contributed by atoms with Crippen molar-refractivity contribution >= 4 is 17.2 Å². The third-order valence-corrected chi connectivity index (χ3v) is 5.79. The molecule has 6 nitrogen and oxygen atoms in total. The maximum atomic E-state index is 12.9. The summed E-state index contributed by atoms with van der Waals surface area (Å²) in [6, 6.07) is 7.77. The molecule has 0 bridgehead atoms. The van der Waals surface area contributed by atoms with Crippen molar-refractivity contribution in [3.8, 4) is 5.75 Å². The van der Waals surface area contributed by atoms with Crippen LogP contribution in [0.3, 0.4) is 0 Å². The first-order chi connectivity index (χ1) is 13.1. The van der Waals surface area contributed by atoms with Crippen LogP contribution in [0.2, 0.25) is 0 Å². The number of hydrogen-bond acceptors (Lipinski definition) is 6. The summed E-state index contributed by atoms with van der Waals surface area (Å²) in [5.74, 6) is 0.694. The smallest absolute Gasteiger partial charge is 0.265 e. The van der Waals surface area contributed by atoms with Gasteiger partial charge in [0.1, 0.15) is 23.3 Å². The molecule has 1 aromatic heterocycles. The lowest BCUT2D eigenvalue weighted by Gasteiger charge is -2.25. The molecule has 0 saturated carbocycles. The van der Waals surface area contributed by atoms with E-state index in [4.69, 9.17) is 4.74 Å². The first-order valence-electron chi connectivity index (χ1n) is 9.32. The molecule has 146 valence electrons. The lowest BCUT2D eigenvalue weighted by atomic mass is 10.1. The lowest BCUT2D eigenvalue weighted by molar-refractivity contribution is -0.0150. The Morgan fingerprint density at radius 1 is 1.22 bits per heavy atom. The molecule has 0 spiro atoms. The Labute approximate surface area is 163 Å². The molecule has 0 unspecified atom stereocenters. The Hall–Kier alpha value is -1.96. The Balaban J connectivity index is 1.75. The van der Waals surface area contributed by atoms with Crippen LogP contribution in [-0.4, -0.2) is 57.9 Å². The van der Waals surface area contributed by atoms with E-state index in [-0.39, 0.29) is 12.5 Å². The van der Waals surface area contributed by atoms with E-state index in [1.165, 1.54) is 11.3 Å². The van der Waals surface area contributed by atoms with Gasteiger partial charge in [-0.05, 0) is 44.2 Å². The van der Waals surface area contributed by atoms with Crippen molar-refractivity contribution in [2.45, 2.75) is 44.8 Å². The van der Waals surface area contributed by atoms with Crippen LogP contribution >= 0.6 is 11.3 Å². The molecule has 2 atom stereocenters. The second kappa shape index (κ2) is 9.30. The van der Waals surface area contributed by atoms with E-state index in [2.05, 4.69) is 4.98 Å². The molecule has 7 heteroatoms. The van der Waals surface area contributed by atoms with Crippen molar-refractivity contribution < 1.29 is 19.7 Å². The van der Waals surface area contributed by atoms with Gasteiger partial charge in [0, 0.05) is 13.1 Å². The highest BCUT2D eigenvalue weighted by atomic mass is 32.1. The number of amides is 1. The largest absolute Gasteiger partial charge is 0.491 e. The number of carbonyl (C=O) groups is 1. The van der Waals surface area contributed by atoms with Crippen molar-refractivity contribution in [2.75, 3.05) is 19.7 Å². The number of ether oxygens (including phenoxy) is 1. The number of carbonyl (C=O) groups excluding carboxylic acids is 1. The van der Waals surface area contributed by atoms with Gasteiger partial charge in [-0.1, -0.05) is 18.2 Å². The molecule has 1 aliphatic rings. The summed E-state index contributed by atoms with van der Waals surface area (Å²) in [6.07, 6.45) is 0.983. The van der Waals surface area contributed by atoms with Crippen LogP contribution in [-0.2, 0) is 6.42 Å². The molecule has 0 radical (unpaired) electrons. The normalized spacial score (nSPS) is 22.0. The molecule has 0 fully saturated rings. The summed E-state index contributed by atoms with van der Waals surface area (Å²) in [6.45, 7) is 2.86. The number of aliphatic hydroxyl groups excluding tert-OH is 2. The zero-order valence-corrected chi connectivity index (χ0v) is 16.3. The van der Waals surface area contributed by atoms with Crippen molar-refractivity contribution in [3.05, 3.63) is 45.9 Å². The average Bonchev–Trinajstić information content (AvgIpc) is 3.11. The number of aromatic nitrogens is 1. The van der Waals surface area contributed by atoms with E-state index in [0.717, 1.165) is 36.3 Å². The SMILES string of the molecule is Cc1ncsc1C(=O)N1CCCCc2ccccc2OC[C@@H](O)[C@@H](O)CC1. The van der Waals surface area contributed by atoms with Gasteiger partial charge >= 0.3 is 0 Å². The van der Waals surface area contributed by atoms with Crippen LogP contribution in [0, 0.1) is 6.92 Å². The molecule has 2 aromatic rings. The van der Waals surface area contributed by atoms with Crippen LogP contribution in [0.1, 0.15) is 40.2 Å². The summed E-state index contributed by atoms with van der Waals surface area (Å²) >= 11 is 1.34. The number of fused-ring (bicyclic) bond motifs is 1. The fourth-order valence-corrected chi connectivity index (χ4v) is 3.97. The zero-order chi connectivity index (χ0) is 19.2. The van der Waals surface area contributed by atoms with E-state index in [0.29, 0.717) is 24.4 Å². The second-order valence-corrected chi connectivity index (χ2v) is 7.71. The van der Waals surface area contributed by atoms with Gasteiger partial charge in [0.05, 0.1) is 17.3 Å². The fourth-order valence-electron chi connectivity index (χ4n) is 3.20. The van der Waals surface area contributed by atoms with Gasteiger partial charge in [-0.25, -0.2) is 4.98 Å². The number of hydrogen-bond donors (Lipinski definition) is 2. The highest BCUT2D eigenvalue weighted by Gasteiger charge is 2.23. The highest BCUT2D eigenvalue weighted by Crippen LogP contribution is 2.22. The molecular weight excluding hydrogens is 364 g/mol. The summed E-state index contributed by atoms with van der Waals surface area (Å²) in [4.78, 5) is 19.5. The monoisotopic (exact) mass is 390 g/mol. The quantitative estimate of drug-likeness (QED) is 0.781. The number of nitrogens with zero attached hydrogens (tertiary/aromatic N) is 2. The maximum Gasteiger partial charge on any atom is 0.265 e. The van der Waals surface area contributed by atoms with E-state index in [1.807, 2.05) is 31.2 Å². The Morgan fingerprint density at radius 2 is 2.04 bits per heavy atom. The topological polar surface area (TPSA) is 82.9 Å². The van der Waals surface area contributed by atoms with Crippen LogP contribution in [0.5, 0.6) is 5.75 Å². The van der Waals surface area contributed by atoms with E-state index in [9.17, 15) is 15.0 Å². The summed E-state index contributed by atoms with van der Waals surface area (Å²) in [7, 11) is 0. The molecule has 1 amide bonds. The second-order valence-electron chi connectivity index (χ2n) is 6.86. The maximum absolute atomic E-state index is 12.9. The molecule has 3 rings (SSSR count). The van der Waals surface area contributed by atoms with Crippen molar-refractivity contribution in [3.63, 3.8) is 0 Å². The minimum atomic E-state index is -0.999. The Morgan fingerprint density at radius 3 is 2.81 bits per heavy atom. The fraction of sp³-hybridized carbons (Fsp3) is 0.500. The van der Waals surface area contributed by atoms with E-state index in [1.54, 1.807) is 10.4 Å². The van der Waals surface area contributed by atoms with Crippen LogP contribution in [0.25, 0.3) is 0 Å². The third-order valence-electron chi connectivity index (χ3n) is 4.87. The molecular formula is C20H26N2O4S. The van der Waals surface area contributed by atoms with Gasteiger partial charge in [-0.15, -0.1) is 11.3 Å². The number of para-hydroxylation sites is 1. The Kier molecular flexibility index (Phi) is 6.82. The number of benzene rings is 1. The van der Waals surface area contributed by atoms with Crippen molar-refractivity contribution in [1.82, 2.24) is 9.88 Å². The standard InChI is InChI=1S/C20H26N2O4S/c1-14-19(27-13-21-14)20(25)22-10-5-4-7-15-6-2-3-8-18(15)26-12-17(24)16(23)9-11-22/h2-3,6,8,13,16-17,23-24H,4-5,7,9-12H2,1H3/t16-,17+/m0/s1. The highest BCUT2D eigenvalue weighted by molar-refractivity contribution is 7.11. The molecule has 2 N–H and O–H groups in total. The average molecular weight is 391 g/mol. The van der Waals surface area contributed by atoms with Gasteiger partial charge in [0.25, 0.3) is 5.91 Å². The summed E-state index contributed by atoms with van der Waals surface area (Å²) in [5.41, 5.74) is 3.49. The predicted octanol–water partition coefficient (Wildman–Crippen LogP) is 2.42. The molecule has 0 aliphatic carbocycles. The molecule has 1 aromatic carbocycles. The number of rotatable bonds is 1.